The first-order valence-electron chi connectivity index (χ1n) is 5.40. The van der Waals surface area contributed by atoms with Crippen LogP contribution < -0.4 is 10.1 Å². The largest absolute Gasteiger partial charge is 0.464 e. The molecule has 1 aromatic rings. The Labute approximate surface area is 105 Å². The van der Waals surface area contributed by atoms with Gasteiger partial charge in [0.1, 0.15) is 0 Å². The third-order valence-corrected chi connectivity index (χ3v) is 2.22. The number of anilines is 1. The Morgan fingerprint density at radius 1 is 1.35 bits per heavy atom. The molecule has 0 saturated carbocycles. The number of ether oxygens (including phenoxy) is 1. The Bertz CT molecular complexity index is 373. The van der Waals surface area contributed by atoms with Crippen LogP contribution in [-0.4, -0.2) is 38.8 Å². The van der Waals surface area contributed by atoms with E-state index in [1.54, 1.807) is 0 Å². The second-order valence-corrected chi connectivity index (χ2v) is 4.46. The highest BCUT2D eigenvalue weighted by Gasteiger charge is 2.19. The van der Waals surface area contributed by atoms with Crippen LogP contribution in [0.1, 0.15) is 27.2 Å². The molecular weight excluding hydrogens is 244 g/mol. The van der Waals surface area contributed by atoms with Crippen LogP contribution in [0.5, 0.6) is 6.01 Å². The molecule has 0 aliphatic carbocycles. The molecule has 0 amide bonds. The van der Waals surface area contributed by atoms with Crippen LogP contribution in [0, 0.1) is 0 Å². The van der Waals surface area contributed by atoms with Gasteiger partial charge in [-0.1, -0.05) is 0 Å². The molecule has 1 heterocycles. The number of aromatic nitrogens is 3. The summed E-state index contributed by atoms with van der Waals surface area (Å²) in [6, 6.07) is 0.190. The third-order valence-electron chi connectivity index (χ3n) is 2.05. The Kier molecular flexibility index (Phi) is 4.89. The van der Waals surface area contributed by atoms with Gasteiger partial charge in [0.05, 0.1) is 6.61 Å². The van der Waals surface area contributed by atoms with E-state index in [4.69, 9.17) is 21.4 Å². The number of aliphatic hydroxyl groups is 1. The molecule has 6 nitrogen and oxygen atoms in total. The zero-order valence-corrected chi connectivity index (χ0v) is 11.0. The summed E-state index contributed by atoms with van der Waals surface area (Å²) in [6.07, 6.45) is 0.570. The zero-order valence-electron chi connectivity index (χ0n) is 10.2. The summed E-state index contributed by atoms with van der Waals surface area (Å²) in [5, 5.41) is 12.1. The molecule has 0 aliphatic heterocycles. The molecule has 0 radical (unpaired) electrons. The fourth-order valence-corrected chi connectivity index (χ4v) is 1.38. The lowest BCUT2D eigenvalue weighted by Gasteiger charge is -2.25. The van der Waals surface area contributed by atoms with E-state index < -0.39 is 0 Å². The maximum absolute atomic E-state index is 8.93. The van der Waals surface area contributed by atoms with E-state index in [0.717, 1.165) is 0 Å². The van der Waals surface area contributed by atoms with Crippen LogP contribution in [0.2, 0.25) is 5.28 Å². The van der Waals surface area contributed by atoms with Gasteiger partial charge in [-0.3, -0.25) is 0 Å². The summed E-state index contributed by atoms with van der Waals surface area (Å²) in [4.78, 5) is 11.9. The van der Waals surface area contributed by atoms with Gasteiger partial charge in [0.2, 0.25) is 11.2 Å². The molecule has 0 saturated heterocycles. The monoisotopic (exact) mass is 260 g/mol. The first-order chi connectivity index (χ1) is 7.96. The third kappa shape index (κ3) is 4.70. The van der Waals surface area contributed by atoms with E-state index in [2.05, 4.69) is 20.3 Å². The van der Waals surface area contributed by atoms with Crippen LogP contribution >= 0.6 is 11.6 Å². The normalized spacial score (nSPS) is 11.4. The second kappa shape index (κ2) is 5.97. The van der Waals surface area contributed by atoms with E-state index in [1.807, 2.05) is 20.8 Å². The summed E-state index contributed by atoms with van der Waals surface area (Å²) in [5.74, 6) is 0.340. The second-order valence-electron chi connectivity index (χ2n) is 4.13. The van der Waals surface area contributed by atoms with E-state index in [-0.39, 0.29) is 23.4 Å². The van der Waals surface area contributed by atoms with Crippen molar-refractivity contribution in [2.24, 2.45) is 0 Å². The number of rotatable bonds is 6. The number of halogens is 1. The van der Waals surface area contributed by atoms with E-state index in [0.29, 0.717) is 19.0 Å². The molecule has 0 fully saturated rings. The lowest BCUT2D eigenvalue weighted by atomic mass is 10.0. The summed E-state index contributed by atoms with van der Waals surface area (Å²) >= 11 is 5.76. The van der Waals surface area contributed by atoms with Crippen LogP contribution in [0.4, 0.5) is 5.95 Å². The lowest BCUT2D eigenvalue weighted by Crippen LogP contribution is -2.33. The standard InChI is InChI=1S/C10H17ClN4O2/c1-4-17-9-13-7(11)12-8(14-9)15-10(2,3)5-6-16/h16H,4-6H2,1-3H3,(H,12,13,14,15). The summed E-state index contributed by atoms with van der Waals surface area (Å²) in [5.41, 5.74) is -0.330. The van der Waals surface area contributed by atoms with Crippen LogP contribution in [0.15, 0.2) is 0 Å². The number of hydrogen-bond acceptors (Lipinski definition) is 6. The average molecular weight is 261 g/mol. The topological polar surface area (TPSA) is 80.2 Å². The molecular formula is C10H17ClN4O2. The summed E-state index contributed by atoms with van der Waals surface area (Å²) < 4.78 is 5.17. The summed E-state index contributed by atoms with van der Waals surface area (Å²) in [6.45, 7) is 6.24. The minimum Gasteiger partial charge on any atom is -0.464 e. The molecule has 0 aliphatic rings. The molecule has 0 aromatic carbocycles. The number of hydrogen-bond donors (Lipinski definition) is 2. The lowest BCUT2D eigenvalue weighted by molar-refractivity contribution is 0.260. The molecule has 7 heteroatoms. The van der Waals surface area contributed by atoms with Crippen LogP contribution in [0.25, 0.3) is 0 Å². The van der Waals surface area contributed by atoms with Gasteiger partial charge in [-0.05, 0) is 38.8 Å². The van der Waals surface area contributed by atoms with Crippen molar-refractivity contribution in [3.8, 4) is 6.01 Å². The van der Waals surface area contributed by atoms with Crippen molar-refractivity contribution in [3.05, 3.63) is 5.28 Å². The van der Waals surface area contributed by atoms with Crippen LogP contribution in [0.3, 0.4) is 0 Å². The smallest absolute Gasteiger partial charge is 0.322 e. The van der Waals surface area contributed by atoms with Crippen LogP contribution in [-0.2, 0) is 0 Å². The molecule has 17 heavy (non-hydrogen) atoms. The predicted octanol–water partition coefficient (Wildman–Crippen LogP) is 1.50. The highest BCUT2D eigenvalue weighted by molar-refractivity contribution is 6.28. The predicted molar refractivity (Wildman–Crippen MR) is 65.4 cm³/mol. The van der Waals surface area contributed by atoms with Gasteiger partial charge >= 0.3 is 6.01 Å². The maximum atomic E-state index is 8.93. The van der Waals surface area contributed by atoms with Crippen molar-refractivity contribution in [2.45, 2.75) is 32.7 Å². The number of nitrogens with one attached hydrogen (secondary N) is 1. The van der Waals surface area contributed by atoms with Crippen molar-refractivity contribution in [1.82, 2.24) is 15.0 Å². The first kappa shape index (κ1) is 13.9. The highest BCUT2D eigenvalue weighted by atomic mass is 35.5. The highest BCUT2D eigenvalue weighted by Crippen LogP contribution is 2.17. The Morgan fingerprint density at radius 2 is 2.06 bits per heavy atom. The van der Waals surface area contributed by atoms with Crippen molar-refractivity contribution >= 4 is 17.5 Å². The Hall–Kier alpha value is -1.14. The zero-order chi connectivity index (χ0) is 12.9. The average Bonchev–Trinajstić information content (AvgIpc) is 2.15. The van der Waals surface area contributed by atoms with Gasteiger partial charge in [0.15, 0.2) is 0 Å². The van der Waals surface area contributed by atoms with E-state index >= 15 is 0 Å². The van der Waals surface area contributed by atoms with Gasteiger partial charge in [-0.25, -0.2) is 0 Å². The van der Waals surface area contributed by atoms with Gasteiger partial charge in [0, 0.05) is 12.1 Å². The van der Waals surface area contributed by atoms with Gasteiger partial charge in [-0.15, -0.1) is 0 Å². The van der Waals surface area contributed by atoms with Gasteiger partial charge in [0.25, 0.3) is 0 Å². The molecule has 1 rings (SSSR count). The Balaban J connectivity index is 2.83. The van der Waals surface area contributed by atoms with Gasteiger partial charge < -0.3 is 15.2 Å². The molecule has 0 bridgehead atoms. The molecule has 1 aromatic heterocycles. The van der Waals surface area contributed by atoms with E-state index in [9.17, 15) is 0 Å². The first-order valence-corrected chi connectivity index (χ1v) is 5.78. The SMILES string of the molecule is CCOc1nc(Cl)nc(NC(C)(C)CCO)n1. The summed E-state index contributed by atoms with van der Waals surface area (Å²) in [7, 11) is 0. The molecule has 2 N–H and O–H groups in total. The van der Waals surface area contributed by atoms with E-state index in [1.165, 1.54) is 0 Å². The van der Waals surface area contributed by atoms with Gasteiger partial charge in [-0.2, -0.15) is 15.0 Å². The van der Waals surface area contributed by atoms with Crippen molar-refractivity contribution < 1.29 is 9.84 Å². The Morgan fingerprint density at radius 3 is 2.65 bits per heavy atom. The maximum Gasteiger partial charge on any atom is 0.322 e. The number of nitrogens with zero attached hydrogens (tertiary/aromatic N) is 3. The van der Waals surface area contributed by atoms with Crippen molar-refractivity contribution in [1.29, 1.82) is 0 Å². The number of aliphatic hydroxyl groups excluding tert-OH is 1. The van der Waals surface area contributed by atoms with Crippen molar-refractivity contribution in [2.75, 3.05) is 18.5 Å². The van der Waals surface area contributed by atoms with Crippen molar-refractivity contribution in [3.63, 3.8) is 0 Å². The fraction of sp³-hybridized carbons (Fsp3) is 0.700. The minimum absolute atomic E-state index is 0.0748. The quantitative estimate of drug-likeness (QED) is 0.807. The molecule has 96 valence electrons. The minimum atomic E-state index is -0.330. The molecule has 0 atom stereocenters. The molecule has 0 unspecified atom stereocenters. The molecule has 0 spiro atoms. The fourth-order valence-electron chi connectivity index (χ4n) is 1.23.